The first-order chi connectivity index (χ1) is 13.1. The van der Waals surface area contributed by atoms with E-state index < -0.39 is 5.41 Å². The quantitative estimate of drug-likeness (QED) is 0.288. The fraction of sp³-hybridized carbons (Fsp3) is 0.545. The van der Waals surface area contributed by atoms with Crippen LogP contribution in [0.25, 0.3) is 6.08 Å². The molecule has 0 spiro atoms. The molecular weight excluding hydrogens is 380 g/mol. The molecule has 0 aliphatic carbocycles. The topological polar surface area (TPSA) is 83.8 Å². The molecule has 0 aromatic heterocycles. The molecule has 0 heterocycles. The monoisotopic (exact) mass is 410 g/mol. The highest BCUT2D eigenvalue weighted by atomic mass is 35.5. The van der Waals surface area contributed by atoms with Crippen LogP contribution in [0, 0.1) is 12.3 Å². The Kier molecular flexibility index (Phi) is 9.53. The van der Waals surface area contributed by atoms with Gasteiger partial charge in [0.15, 0.2) is 6.29 Å². The van der Waals surface area contributed by atoms with Crippen molar-refractivity contribution in [1.29, 1.82) is 0 Å². The Labute approximate surface area is 172 Å². The van der Waals surface area contributed by atoms with Gasteiger partial charge in [0.25, 0.3) is 0 Å². The summed E-state index contributed by atoms with van der Waals surface area (Å²) in [5, 5.41) is 20.3. The van der Waals surface area contributed by atoms with Gasteiger partial charge in [-0.15, -0.1) is 0 Å². The Morgan fingerprint density at radius 2 is 1.64 bits per heavy atom. The highest BCUT2D eigenvalue weighted by Crippen LogP contribution is 2.40. The van der Waals surface area contributed by atoms with Crippen LogP contribution in [0.3, 0.4) is 0 Å². The van der Waals surface area contributed by atoms with Gasteiger partial charge < -0.3 is 14.9 Å². The summed E-state index contributed by atoms with van der Waals surface area (Å²) in [6.45, 7) is 7.55. The van der Waals surface area contributed by atoms with E-state index in [2.05, 4.69) is 0 Å². The van der Waals surface area contributed by atoms with Gasteiger partial charge in [-0.25, -0.2) is 0 Å². The van der Waals surface area contributed by atoms with Crippen LogP contribution in [0.1, 0.15) is 80.8 Å². The zero-order chi connectivity index (χ0) is 21.3. The number of aldehydes is 1. The number of halogens is 1. The number of allylic oxidation sites excluding steroid dienone is 1. The number of phenols is 2. The summed E-state index contributed by atoms with van der Waals surface area (Å²) in [5.41, 5.74) is 0.161. The molecule has 1 rings (SSSR count). The van der Waals surface area contributed by atoms with Gasteiger partial charge in [0.2, 0.25) is 0 Å². The van der Waals surface area contributed by atoms with Crippen molar-refractivity contribution in [2.75, 3.05) is 6.61 Å². The number of benzene rings is 1. The average molecular weight is 411 g/mol. The highest BCUT2D eigenvalue weighted by Gasteiger charge is 2.22. The second-order valence-electron chi connectivity index (χ2n) is 7.93. The number of phenolic OH excluding ortho intramolecular Hbond substituents is 2. The van der Waals surface area contributed by atoms with Gasteiger partial charge in [0.05, 0.1) is 28.2 Å². The minimum atomic E-state index is -0.455. The maximum atomic E-state index is 11.6. The van der Waals surface area contributed by atoms with Gasteiger partial charge in [0.1, 0.15) is 11.5 Å². The highest BCUT2D eigenvalue weighted by molar-refractivity contribution is 6.33. The molecule has 5 nitrogen and oxygen atoms in total. The van der Waals surface area contributed by atoms with Gasteiger partial charge >= 0.3 is 5.97 Å². The van der Waals surface area contributed by atoms with Crippen molar-refractivity contribution >= 4 is 29.9 Å². The summed E-state index contributed by atoms with van der Waals surface area (Å²) in [4.78, 5) is 22.7. The van der Waals surface area contributed by atoms with Crippen LogP contribution < -0.4 is 0 Å². The maximum Gasteiger partial charge on any atom is 0.311 e. The molecule has 0 amide bonds. The number of ether oxygens (including phenoxy) is 1. The molecule has 0 aliphatic rings. The van der Waals surface area contributed by atoms with Crippen LogP contribution >= 0.6 is 11.6 Å². The Morgan fingerprint density at radius 1 is 1.04 bits per heavy atom. The number of unbranched alkanes of at least 4 members (excludes halogenated alkanes) is 5. The Morgan fingerprint density at radius 3 is 2.25 bits per heavy atom. The van der Waals surface area contributed by atoms with Crippen molar-refractivity contribution in [3.63, 3.8) is 0 Å². The molecule has 6 heteroatoms. The van der Waals surface area contributed by atoms with E-state index in [1.807, 2.05) is 26.8 Å². The van der Waals surface area contributed by atoms with E-state index >= 15 is 0 Å². The molecule has 28 heavy (non-hydrogen) atoms. The Bertz CT molecular complexity index is 717. The Hall–Kier alpha value is -2.01. The van der Waals surface area contributed by atoms with Gasteiger partial charge in [-0.1, -0.05) is 43.0 Å². The molecule has 0 saturated heterocycles. The van der Waals surface area contributed by atoms with Crippen LogP contribution in [0.4, 0.5) is 0 Å². The SMILES string of the molecule is Cc1c(Cl)c(O)c(/C=C/CCCCCCCOC(=O)C(C)(C)C)c(O)c1C=O. The summed E-state index contributed by atoms with van der Waals surface area (Å²) >= 11 is 6.02. The first-order valence-corrected chi connectivity index (χ1v) is 10.0. The number of aromatic hydroxyl groups is 2. The smallest absolute Gasteiger partial charge is 0.311 e. The lowest BCUT2D eigenvalue weighted by Gasteiger charge is -2.16. The lowest BCUT2D eigenvalue weighted by molar-refractivity contribution is -0.153. The van der Waals surface area contributed by atoms with Gasteiger partial charge in [-0.05, 0) is 52.5 Å². The third kappa shape index (κ3) is 6.86. The number of hydrogen-bond acceptors (Lipinski definition) is 5. The first kappa shape index (κ1) is 24.0. The van der Waals surface area contributed by atoms with Crippen molar-refractivity contribution in [2.24, 2.45) is 5.41 Å². The van der Waals surface area contributed by atoms with E-state index in [-0.39, 0.29) is 33.6 Å². The second-order valence-corrected chi connectivity index (χ2v) is 8.30. The molecule has 156 valence electrons. The molecule has 0 unspecified atom stereocenters. The van der Waals surface area contributed by atoms with Crippen LogP contribution in [-0.2, 0) is 9.53 Å². The normalized spacial score (nSPS) is 11.8. The molecule has 0 aliphatic heterocycles. The van der Waals surface area contributed by atoms with Crippen LogP contribution in [0.15, 0.2) is 6.08 Å². The molecule has 0 fully saturated rings. The molecule has 0 saturated carbocycles. The summed E-state index contributed by atoms with van der Waals surface area (Å²) in [5.74, 6) is -0.642. The van der Waals surface area contributed by atoms with Crippen molar-refractivity contribution in [1.82, 2.24) is 0 Å². The van der Waals surface area contributed by atoms with E-state index in [1.165, 1.54) is 0 Å². The van der Waals surface area contributed by atoms with E-state index in [0.717, 1.165) is 38.5 Å². The molecule has 0 atom stereocenters. The maximum absolute atomic E-state index is 11.6. The van der Waals surface area contributed by atoms with E-state index in [0.29, 0.717) is 18.5 Å². The van der Waals surface area contributed by atoms with E-state index in [9.17, 15) is 19.8 Å². The minimum absolute atomic E-state index is 0.0757. The zero-order valence-electron chi connectivity index (χ0n) is 17.2. The van der Waals surface area contributed by atoms with Crippen molar-refractivity contribution < 1.29 is 24.5 Å². The molecule has 1 aromatic rings. The summed E-state index contributed by atoms with van der Waals surface area (Å²) in [6.07, 6.45) is 9.64. The summed E-state index contributed by atoms with van der Waals surface area (Å²) in [6, 6.07) is 0. The Balaban J connectivity index is 2.34. The second kappa shape index (κ2) is 11.1. The third-order valence-corrected chi connectivity index (χ3v) is 4.93. The number of esters is 1. The van der Waals surface area contributed by atoms with Crippen LogP contribution in [0.2, 0.25) is 5.02 Å². The standard InChI is InChI=1S/C22H31ClO5/c1-15-17(14-24)19(25)16(20(26)18(15)23)12-10-8-6-5-7-9-11-13-28-21(27)22(2,3)4/h10,12,14,25-26H,5-9,11,13H2,1-4H3/b12-10+. The fourth-order valence-electron chi connectivity index (χ4n) is 2.63. The fourth-order valence-corrected chi connectivity index (χ4v) is 2.83. The van der Waals surface area contributed by atoms with Gasteiger partial charge in [-0.3, -0.25) is 9.59 Å². The molecule has 0 radical (unpaired) electrons. The molecule has 1 aromatic carbocycles. The predicted octanol–water partition coefficient (Wildman–Crippen LogP) is 5.82. The van der Waals surface area contributed by atoms with Crippen molar-refractivity contribution in [3.05, 3.63) is 27.8 Å². The number of carbonyl (C=O) groups excluding carboxylic acids is 2. The third-order valence-electron chi connectivity index (χ3n) is 4.47. The lowest BCUT2D eigenvalue weighted by Crippen LogP contribution is -2.23. The van der Waals surface area contributed by atoms with E-state index in [1.54, 1.807) is 13.0 Å². The first-order valence-electron chi connectivity index (χ1n) is 9.64. The van der Waals surface area contributed by atoms with E-state index in [4.69, 9.17) is 16.3 Å². The molecule has 2 N–H and O–H groups in total. The summed E-state index contributed by atoms with van der Waals surface area (Å²) in [7, 11) is 0. The summed E-state index contributed by atoms with van der Waals surface area (Å²) < 4.78 is 5.23. The minimum Gasteiger partial charge on any atom is -0.506 e. The largest absolute Gasteiger partial charge is 0.506 e. The van der Waals surface area contributed by atoms with Crippen LogP contribution in [0.5, 0.6) is 11.5 Å². The van der Waals surface area contributed by atoms with Crippen molar-refractivity contribution in [2.45, 2.75) is 66.2 Å². The average Bonchev–Trinajstić information content (AvgIpc) is 2.63. The zero-order valence-corrected chi connectivity index (χ0v) is 17.9. The number of rotatable bonds is 10. The van der Waals surface area contributed by atoms with Gasteiger partial charge in [0, 0.05) is 0 Å². The van der Waals surface area contributed by atoms with Crippen molar-refractivity contribution in [3.8, 4) is 11.5 Å². The predicted molar refractivity (Wildman–Crippen MR) is 112 cm³/mol. The number of carbonyl (C=O) groups is 2. The number of hydrogen-bond donors (Lipinski definition) is 2. The molecular formula is C22H31ClO5. The lowest BCUT2D eigenvalue weighted by atomic mass is 9.97. The van der Waals surface area contributed by atoms with Crippen LogP contribution in [-0.4, -0.2) is 29.1 Å². The molecule has 0 bridgehead atoms. The van der Waals surface area contributed by atoms with Gasteiger partial charge in [-0.2, -0.15) is 0 Å².